The SMILES string of the molecule is CC1=C=C(C)C=C(N(C=N)C(=O)c2cc3c(N(C)C)ccnc3s2)C=C1. The Hall–Kier alpha value is -2.95. The number of carbonyl (C=O) groups excluding carboxylic acids is 1. The summed E-state index contributed by atoms with van der Waals surface area (Å²) in [7, 11) is 3.92. The predicted octanol–water partition coefficient (Wildman–Crippen LogP) is 4.36. The first-order valence-corrected chi connectivity index (χ1v) is 8.96. The Kier molecular flexibility index (Phi) is 4.89. The zero-order valence-electron chi connectivity index (χ0n) is 15.2. The van der Waals surface area contributed by atoms with Crippen molar-refractivity contribution in [2.75, 3.05) is 19.0 Å². The van der Waals surface area contributed by atoms with Crippen LogP contribution in [0.25, 0.3) is 10.2 Å². The van der Waals surface area contributed by atoms with Gasteiger partial charge in [-0.15, -0.1) is 17.1 Å². The van der Waals surface area contributed by atoms with Gasteiger partial charge in [-0.3, -0.25) is 15.1 Å². The zero-order chi connectivity index (χ0) is 18.8. The number of nitrogens with one attached hydrogen (secondary N) is 1. The summed E-state index contributed by atoms with van der Waals surface area (Å²) in [6, 6.07) is 3.78. The largest absolute Gasteiger partial charge is 0.377 e. The van der Waals surface area contributed by atoms with Crippen molar-refractivity contribution in [1.29, 1.82) is 5.41 Å². The summed E-state index contributed by atoms with van der Waals surface area (Å²) in [6.07, 6.45) is 8.38. The molecular formula is C20H20N4OS. The number of thiophene rings is 1. The maximum absolute atomic E-state index is 13.1. The summed E-state index contributed by atoms with van der Waals surface area (Å²) in [5.74, 6) is -0.240. The number of pyridine rings is 1. The molecule has 3 rings (SSSR count). The van der Waals surface area contributed by atoms with E-state index in [1.54, 1.807) is 6.20 Å². The van der Waals surface area contributed by atoms with E-state index in [0.29, 0.717) is 10.6 Å². The van der Waals surface area contributed by atoms with Crippen LogP contribution in [-0.4, -0.2) is 36.2 Å². The van der Waals surface area contributed by atoms with E-state index in [4.69, 9.17) is 5.41 Å². The third-order valence-electron chi connectivity index (χ3n) is 3.99. The van der Waals surface area contributed by atoms with Crippen molar-refractivity contribution in [3.05, 3.63) is 64.0 Å². The van der Waals surface area contributed by atoms with Crippen LogP contribution in [-0.2, 0) is 0 Å². The van der Waals surface area contributed by atoms with E-state index in [0.717, 1.165) is 33.4 Å². The van der Waals surface area contributed by atoms with Gasteiger partial charge in [0.2, 0.25) is 0 Å². The second-order valence-corrected chi connectivity index (χ2v) is 7.28. The molecule has 0 fully saturated rings. The molecule has 0 atom stereocenters. The molecule has 6 heteroatoms. The monoisotopic (exact) mass is 364 g/mol. The van der Waals surface area contributed by atoms with Crippen molar-refractivity contribution >= 4 is 39.5 Å². The Morgan fingerprint density at radius 3 is 2.73 bits per heavy atom. The Morgan fingerprint density at radius 1 is 1.27 bits per heavy atom. The molecule has 0 spiro atoms. The number of rotatable bonds is 4. The molecule has 26 heavy (non-hydrogen) atoms. The molecule has 2 aromatic rings. The summed E-state index contributed by atoms with van der Waals surface area (Å²) < 4.78 is 0. The fourth-order valence-electron chi connectivity index (χ4n) is 2.81. The van der Waals surface area contributed by atoms with Gasteiger partial charge in [-0.2, -0.15) is 0 Å². The van der Waals surface area contributed by atoms with Crippen molar-refractivity contribution in [2.45, 2.75) is 13.8 Å². The lowest BCUT2D eigenvalue weighted by atomic mass is 10.2. The fraction of sp³-hybridized carbons (Fsp3) is 0.200. The van der Waals surface area contributed by atoms with Gasteiger partial charge < -0.3 is 4.90 Å². The average Bonchev–Trinajstić information content (AvgIpc) is 2.96. The first-order valence-electron chi connectivity index (χ1n) is 8.14. The molecule has 132 valence electrons. The molecule has 0 aliphatic heterocycles. The lowest BCUT2D eigenvalue weighted by molar-refractivity contribution is 0.0888. The standard InChI is InChI=1S/C20H20N4OS/c1-13-5-6-15(10-14(2)9-13)24(12-21)20(25)18-11-16-17(23(3)4)7-8-22-19(16)26-18/h5-8,10-12,21H,1-4H3. The average molecular weight is 364 g/mol. The van der Waals surface area contributed by atoms with Gasteiger partial charge in [0, 0.05) is 31.4 Å². The summed E-state index contributed by atoms with van der Waals surface area (Å²) in [4.78, 5) is 22.1. The number of anilines is 1. The molecule has 1 N–H and O–H groups in total. The van der Waals surface area contributed by atoms with Gasteiger partial charge in [-0.1, -0.05) is 0 Å². The van der Waals surface area contributed by atoms with Crippen LogP contribution in [0.4, 0.5) is 5.69 Å². The summed E-state index contributed by atoms with van der Waals surface area (Å²) in [5, 5.41) is 8.70. The van der Waals surface area contributed by atoms with E-state index in [-0.39, 0.29) is 5.91 Å². The summed E-state index contributed by atoms with van der Waals surface area (Å²) in [6.45, 7) is 3.88. The molecule has 0 aromatic carbocycles. The lowest BCUT2D eigenvalue weighted by Crippen LogP contribution is -2.27. The van der Waals surface area contributed by atoms with Crippen molar-refractivity contribution in [3.63, 3.8) is 0 Å². The molecule has 0 saturated heterocycles. The Bertz CT molecular complexity index is 1020. The number of nitrogens with zero attached hydrogens (tertiary/aromatic N) is 3. The third kappa shape index (κ3) is 3.38. The van der Waals surface area contributed by atoms with Gasteiger partial charge >= 0.3 is 0 Å². The molecule has 2 aromatic heterocycles. The van der Waals surface area contributed by atoms with Crippen LogP contribution in [0.15, 0.2) is 59.1 Å². The highest BCUT2D eigenvalue weighted by molar-refractivity contribution is 7.20. The molecule has 2 heterocycles. The lowest BCUT2D eigenvalue weighted by Gasteiger charge is -2.17. The van der Waals surface area contributed by atoms with Crippen LogP contribution in [0.2, 0.25) is 0 Å². The molecule has 0 saturated carbocycles. The van der Waals surface area contributed by atoms with Crippen LogP contribution in [0.3, 0.4) is 0 Å². The minimum absolute atomic E-state index is 0.240. The molecule has 1 aliphatic carbocycles. The van der Waals surface area contributed by atoms with E-state index in [1.807, 2.05) is 63.2 Å². The molecule has 1 aliphatic rings. The number of carbonyl (C=O) groups is 1. The first kappa shape index (κ1) is 17.9. The maximum atomic E-state index is 13.1. The maximum Gasteiger partial charge on any atom is 0.273 e. The van der Waals surface area contributed by atoms with Gasteiger partial charge in [-0.05, 0) is 55.4 Å². The molecule has 0 radical (unpaired) electrons. The fourth-order valence-corrected chi connectivity index (χ4v) is 3.77. The highest BCUT2D eigenvalue weighted by Gasteiger charge is 2.21. The predicted molar refractivity (Wildman–Crippen MR) is 108 cm³/mol. The number of fused-ring (bicyclic) bond motifs is 1. The minimum atomic E-state index is -0.240. The van der Waals surface area contributed by atoms with E-state index < -0.39 is 0 Å². The highest BCUT2D eigenvalue weighted by atomic mass is 32.1. The van der Waals surface area contributed by atoms with E-state index in [9.17, 15) is 4.79 Å². The molecule has 5 nitrogen and oxygen atoms in total. The van der Waals surface area contributed by atoms with Crippen LogP contribution in [0, 0.1) is 5.41 Å². The van der Waals surface area contributed by atoms with Gasteiger partial charge in [-0.25, -0.2) is 4.98 Å². The topological polar surface area (TPSA) is 60.3 Å². The van der Waals surface area contributed by atoms with Gasteiger partial charge in [0.1, 0.15) is 4.83 Å². The second kappa shape index (κ2) is 7.12. The van der Waals surface area contributed by atoms with Gasteiger partial charge in [0.15, 0.2) is 0 Å². The second-order valence-electron chi connectivity index (χ2n) is 6.25. The Morgan fingerprint density at radius 2 is 2.04 bits per heavy atom. The van der Waals surface area contributed by atoms with Crippen LogP contribution >= 0.6 is 11.3 Å². The molecule has 1 amide bonds. The van der Waals surface area contributed by atoms with Gasteiger partial charge in [0.25, 0.3) is 5.91 Å². The number of aromatic nitrogens is 1. The molecule has 0 unspecified atom stereocenters. The van der Waals surface area contributed by atoms with Crippen LogP contribution < -0.4 is 4.90 Å². The Balaban J connectivity index is 2.02. The quantitative estimate of drug-likeness (QED) is 0.498. The zero-order valence-corrected chi connectivity index (χ0v) is 16.0. The van der Waals surface area contributed by atoms with Crippen molar-refractivity contribution in [2.24, 2.45) is 0 Å². The normalized spacial score (nSPS) is 13.6. The van der Waals surface area contributed by atoms with E-state index in [2.05, 4.69) is 10.7 Å². The number of allylic oxidation sites excluding steroid dienone is 4. The smallest absolute Gasteiger partial charge is 0.273 e. The summed E-state index contributed by atoms with van der Waals surface area (Å²) >= 11 is 1.34. The summed E-state index contributed by atoms with van der Waals surface area (Å²) in [5.41, 5.74) is 6.76. The number of hydrogen-bond donors (Lipinski definition) is 1. The number of amides is 1. The van der Waals surface area contributed by atoms with Crippen LogP contribution in [0.5, 0.6) is 0 Å². The number of hydrogen-bond acceptors (Lipinski definition) is 5. The molecular weight excluding hydrogens is 344 g/mol. The van der Waals surface area contributed by atoms with E-state index in [1.165, 1.54) is 16.2 Å². The molecule has 0 bridgehead atoms. The van der Waals surface area contributed by atoms with Crippen LogP contribution in [0.1, 0.15) is 23.5 Å². The third-order valence-corrected chi connectivity index (χ3v) is 5.03. The highest BCUT2D eigenvalue weighted by Crippen LogP contribution is 2.32. The van der Waals surface area contributed by atoms with Crippen molar-refractivity contribution in [3.8, 4) is 0 Å². The van der Waals surface area contributed by atoms with E-state index >= 15 is 0 Å². The van der Waals surface area contributed by atoms with Gasteiger partial charge in [0.05, 0.1) is 16.9 Å². The van der Waals surface area contributed by atoms with Crippen molar-refractivity contribution < 1.29 is 4.79 Å². The first-order chi connectivity index (χ1) is 12.4. The minimum Gasteiger partial charge on any atom is -0.377 e. The Labute approximate surface area is 156 Å². The van der Waals surface area contributed by atoms with Crippen molar-refractivity contribution in [1.82, 2.24) is 9.88 Å².